The Hall–Kier alpha value is -2.58. The number of ether oxygens (including phenoxy) is 1. The number of carbonyl (C=O) groups is 1. The fourth-order valence-corrected chi connectivity index (χ4v) is 5.04. The van der Waals surface area contributed by atoms with Crippen LogP contribution in [0, 0.1) is 11.7 Å². The molecule has 3 heterocycles. The SMILES string of the molecule is CCOC(=O)C1(NCc2ccc(F)cc2)CCN(c2ncc3ccsc3n2)C(C)C1C. The van der Waals surface area contributed by atoms with E-state index in [4.69, 9.17) is 9.72 Å². The lowest BCUT2D eigenvalue weighted by molar-refractivity contribution is -0.155. The number of hydrogen-bond donors (Lipinski definition) is 1. The van der Waals surface area contributed by atoms with E-state index in [2.05, 4.69) is 29.0 Å². The second kappa shape index (κ2) is 8.88. The molecule has 3 aromatic rings. The average Bonchev–Trinajstić information content (AvgIpc) is 3.24. The van der Waals surface area contributed by atoms with Gasteiger partial charge in [0.05, 0.1) is 6.61 Å². The summed E-state index contributed by atoms with van der Waals surface area (Å²) in [5.74, 6) is 0.0984. The number of rotatable bonds is 6. The summed E-state index contributed by atoms with van der Waals surface area (Å²) in [5, 5.41) is 6.52. The van der Waals surface area contributed by atoms with Crippen molar-refractivity contribution in [2.75, 3.05) is 18.1 Å². The molecule has 3 unspecified atom stereocenters. The molecule has 3 atom stereocenters. The van der Waals surface area contributed by atoms with Crippen LogP contribution in [0.15, 0.2) is 41.9 Å². The molecular weight excluding hydrogens is 415 g/mol. The van der Waals surface area contributed by atoms with Gasteiger partial charge in [-0.15, -0.1) is 11.3 Å². The van der Waals surface area contributed by atoms with Gasteiger partial charge in [-0.2, -0.15) is 0 Å². The molecule has 8 heteroatoms. The minimum absolute atomic E-state index is 0.0105. The third kappa shape index (κ3) is 4.14. The van der Waals surface area contributed by atoms with E-state index in [0.717, 1.165) is 15.8 Å². The Morgan fingerprint density at radius 3 is 2.84 bits per heavy atom. The molecule has 6 nitrogen and oxygen atoms in total. The molecule has 1 saturated heterocycles. The van der Waals surface area contributed by atoms with Gasteiger partial charge in [0.15, 0.2) is 0 Å². The number of thiophene rings is 1. The van der Waals surface area contributed by atoms with Crippen LogP contribution in [0.3, 0.4) is 0 Å². The van der Waals surface area contributed by atoms with E-state index in [1.54, 1.807) is 23.5 Å². The van der Waals surface area contributed by atoms with Crippen molar-refractivity contribution in [3.8, 4) is 0 Å². The number of fused-ring (bicyclic) bond motifs is 1. The molecule has 0 aliphatic carbocycles. The highest BCUT2D eigenvalue weighted by molar-refractivity contribution is 7.16. The summed E-state index contributed by atoms with van der Waals surface area (Å²) in [6, 6.07) is 8.35. The highest BCUT2D eigenvalue weighted by Gasteiger charge is 2.51. The van der Waals surface area contributed by atoms with Gasteiger partial charge in [0.25, 0.3) is 0 Å². The minimum atomic E-state index is -0.840. The summed E-state index contributed by atoms with van der Waals surface area (Å²) in [4.78, 5) is 25.6. The van der Waals surface area contributed by atoms with Gasteiger partial charge >= 0.3 is 5.97 Å². The molecule has 2 aromatic heterocycles. The van der Waals surface area contributed by atoms with Crippen LogP contribution in [0.1, 0.15) is 32.8 Å². The highest BCUT2D eigenvalue weighted by atomic mass is 32.1. The van der Waals surface area contributed by atoms with Crippen LogP contribution in [-0.2, 0) is 16.1 Å². The zero-order valence-electron chi connectivity index (χ0n) is 18.0. The molecule has 31 heavy (non-hydrogen) atoms. The Bertz CT molecular complexity index is 1060. The largest absolute Gasteiger partial charge is 0.465 e. The molecule has 164 valence electrons. The van der Waals surface area contributed by atoms with Crippen molar-refractivity contribution < 1.29 is 13.9 Å². The molecule has 0 spiro atoms. The number of nitrogens with zero attached hydrogens (tertiary/aromatic N) is 3. The van der Waals surface area contributed by atoms with E-state index in [9.17, 15) is 9.18 Å². The van der Waals surface area contributed by atoms with Gasteiger partial charge in [-0.25, -0.2) is 14.4 Å². The normalized spacial score (nSPS) is 23.8. The lowest BCUT2D eigenvalue weighted by atomic mass is 9.74. The molecule has 1 aliphatic rings. The van der Waals surface area contributed by atoms with Crippen LogP contribution >= 0.6 is 11.3 Å². The Balaban J connectivity index is 1.58. The number of esters is 1. The molecule has 0 radical (unpaired) electrons. The summed E-state index contributed by atoms with van der Waals surface area (Å²) in [6.07, 6.45) is 2.41. The molecule has 4 rings (SSSR count). The molecule has 1 aromatic carbocycles. The fourth-order valence-electron chi connectivity index (χ4n) is 4.31. The maximum absolute atomic E-state index is 13.3. The van der Waals surface area contributed by atoms with Crippen molar-refractivity contribution in [3.05, 3.63) is 53.3 Å². The van der Waals surface area contributed by atoms with Crippen LogP contribution in [0.25, 0.3) is 10.2 Å². The number of hydrogen-bond acceptors (Lipinski definition) is 7. The van der Waals surface area contributed by atoms with E-state index in [1.807, 2.05) is 24.6 Å². The topological polar surface area (TPSA) is 67.3 Å². The van der Waals surface area contributed by atoms with Gasteiger partial charge in [0.1, 0.15) is 16.2 Å². The van der Waals surface area contributed by atoms with Gasteiger partial charge in [0, 0.05) is 36.6 Å². The van der Waals surface area contributed by atoms with Crippen LogP contribution in [0.5, 0.6) is 0 Å². The summed E-state index contributed by atoms with van der Waals surface area (Å²) in [6.45, 7) is 7.38. The fraction of sp³-hybridized carbons (Fsp3) is 0.435. The third-order valence-electron chi connectivity index (χ3n) is 6.35. The standard InChI is InChI=1S/C23H27FN4O2S/c1-4-30-21(29)23(26-13-17-5-7-19(24)8-6-17)10-11-28(16(3)15(23)2)22-25-14-18-9-12-31-20(18)27-22/h5-9,12,14-16,26H,4,10-11,13H2,1-3H3. The van der Waals surface area contributed by atoms with Crippen LogP contribution < -0.4 is 10.2 Å². The predicted molar refractivity (Wildman–Crippen MR) is 121 cm³/mol. The van der Waals surface area contributed by atoms with Crippen molar-refractivity contribution in [2.24, 2.45) is 5.92 Å². The number of carbonyl (C=O) groups excluding carboxylic acids is 1. The van der Waals surface area contributed by atoms with E-state index in [0.29, 0.717) is 32.1 Å². The molecule has 0 bridgehead atoms. The summed E-state index contributed by atoms with van der Waals surface area (Å²) in [5.41, 5.74) is 0.0757. The minimum Gasteiger partial charge on any atom is -0.465 e. The second-order valence-corrected chi connectivity index (χ2v) is 8.89. The molecular formula is C23H27FN4O2S. The van der Waals surface area contributed by atoms with Crippen molar-refractivity contribution in [1.29, 1.82) is 0 Å². The number of benzene rings is 1. The average molecular weight is 443 g/mol. The Kier molecular flexibility index (Phi) is 6.20. The van der Waals surface area contributed by atoms with E-state index in [1.165, 1.54) is 12.1 Å². The number of piperidine rings is 1. The van der Waals surface area contributed by atoms with Gasteiger partial charge in [0.2, 0.25) is 5.95 Å². The number of nitrogens with one attached hydrogen (secondary N) is 1. The quantitative estimate of drug-likeness (QED) is 0.579. The zero-order chi connectivity index (χ0) is 22.0. The lowest BCUT2D eigenvalue weighted by Crippen LogP contribution is -2.66. The van der Waals surface area contributed by atoms with Gasteiger partial charge in [-0.3, -0.25) is 10.1 Å². The van der Waals surface area contributed by atoms with Crippen molar-refractivity contribution in [1.82, 2.24) is 15.3 Å². The molecule has 1 aliphatic heterocycles. The Morgan fingerprint density at radius 1 is 1.32 bits per heavy atom. The van der Waals surface area contributed by atoms with E-state index < -0.39 is 5.54 Å². The third-order valence-corrected chi connectivity index (χ3v) is 7.17. The monoisotopic (exact) mass is 442 g/mol. The zero-order valence-corrected chi connectivity index (χ0v) is 18.8. The smallest absolute Gasteiger partial charge is 0.326 e. The highest BCUT2D eigenvalue weighted by Crippen LogP contribution is 2.36. The Morgan fingerprint density at radius 2 is 2.10 bits per heavy atom. The van der Waals surface area contributed by atoms with Crippen LogP contribution in [0.4, 0.5) is 10.3 Å². The summed E-state index contributed by atoms with van der Waals surface area (Å²) < 4.78 is 18.8. The van der Waals surface area contributed by atoms with Crippen molar-refractivity contribution in [3.63, 3.8) is 0 Å². The molecule has 0 amide bonds. The maximum Gasteiger partial charge on any atom is 0.326 e. The first-order valence-electron chi connectivity index (χ1n) is 10.6. The van der Waals surface area contributed by atoms with E-state index >= 15 is 0 Å². The van der Waals surface area contributed by atoms with Crippen LogP contribution in [-0.4, -0.2) is 40.7 Å². The van der Waals surface area contributed by atoms with Crippen molar-refractivity contribution in [2.45, 2.75) is 45.3 Å². The first-order valence-corrected chi connectivity index (χ1v) is 11.5. The lowest BCUT2D eigenvalue weighted by Gasteiger charge is -2.49. The van der Waals surface area contributed by atoms with Crippen molar-refractivity contribution >= 4 is 33.5 Å². The van der Waals surface area contributed by atoms with Crippen LogP contribution in [0.2, 0.25) is 0 Å². The first kappa shape index (κ1) is 21.6. The number of aromatic nitrogens is 2. The molecule has 1 N–H and O–H groups in total. The van der Waals surface area contributed by atoms with Gasteiger partial charge in [-0.1, -0.05) is 19.1 Å². The number of halogens is 1. The first-order chi connectivity index (χ1) is 14.9. The maximum atomic E-state index is 13.3. The van der Waals surface area contributed by atoms with Gasteiger partial charge < -0.3 is 9.64 Å². The van der Waals surface area contributed by atoms with Gasteiger partial charge in [-0.05, 0) is 49.4 Å². The summed E-state index contributed by atoms with van der Waals surface area (Å²) >= 11 is 1.59. The molecule has 1 fully saturated rings. The summed E-state index contributed by atoms with van der Waals surface area (Å²) in [7, 11) is 0. The molecule has 0 saturated carbocycles. The Labute approximate surface area is 185 Å². The predicted octanol–water partition coefficient (Wildman–Crippen LogP) is 4.16. The number of anilines is 1. The van der Waals surface area contributed by atoms with E-state index in [-0.39, 0.29) is 23.7 Å². The second-order valence-electron chi connectivity index (χ2n) is 8.00.